The highest BCUT2D eigenvalue weighted by Crippen LogP contribution is 2.65. The molecule has 15 aromatic rings. The van der Waals surface area contributed by atoms with Crippen LogP contribution < -0.4 is 5.43 Å². The van der Waals surface area contributed by atoms with Gasteiger partial charge in [-0.25, -0.2) is 0 Å². The van der Waals surface area contributed by atoms with Crippen molar-refractivity contribution in [1.29, 1.82) is 0 Å². The third kappa shape index (κ3) is 3.66. The minimum Gasteiger partial charge on any atom is -0.289 e. The normalized spacial score (nSPS) is 15.8. The van der Waals surface area contributed by atoms with Gasteiger partial charge in [0.1, 0.15) is 0 Å². The lowest BCUT2D eigenvalue weighted by molar-refractivity contribution is 0.764. The zero-order valence-electron chi connectivity index (χ0n) is 34.7. The Kier molecular flexibility index (Phi) is 5.84. The van der Waals surface area contributed by atoms with Crippen molar-refractivity contribution in [3.8, 4) is 11.1 Å². The fraction of sp³-hybridized carbons (Fsp3) is 0.0317. The molecular weight excluding hydrogens is 808 g/mol. The van der Waals surface area contributed by atoms with Gasteiger partial charge in [0, 0.05) is 38.4 Å². The second-order valence-electron chi connectivity index (χ2n) is 18.8. The molecule has 1 nitrogen and oxygen atoms in total. The molecule has 0 amide bonds. The number of hydrogen-bond donors (Lipinski definition) is 0. The molecule has 0 fully saturated rings. The van der Waals surface area contributed by atoms with Crippen molar-refractivity contribution >= 4 is 130 Å². The summed E-state index contributed by atoms with van der Waals surface area (Å²) in [4.78, 5) is 14.7. The minimum absolute atomic E-state index is 0.0402. The molecule has 0 atom stereocenters. The summed E-state index contributed by atoms with van der Waals surface area (Å²) in [5.74, 6) is 0.108. The van der Waals surface area contributed by atoms with Crippen LogP contribution in [0.1, 0.15) is 45.2 Å². The smallest absolute Gasteiger partial charge is 0.194 e. The Hall–Kier alpha value is -7.84. The molecule has 0 N–H and O–H groups in total. The fourth-order valence-corrected chi connectivity index (χ4v) is 14.3. The van der Waals surface area contributed by atoms with Crippen LogP contribution in [0.4, 0.5) is 0 Å². The summed E-state index contributed by atoms with van der Waals surface area (Å²) in [5.41, 5.74) is 11.1. The highest BCUT2D eigenvalue weighted by Gasteiger charge is 2.45. The van der Waals surface area contributed by atoms with Gasteiger partial charge in [0.05, 0.1) is 0 Å². The van der Waals surface area contributed by atoms with Crippen LogP contribution in [0.3, 0.4) is 0 Å². The van der Waals surface area contributed by atoms with Gasteiger partial charge in [0.2, 0.25) is 0 Å². The first-order valence-electron chi connectivity index (χ1n) is 22.7. The van der Waals surface area contributed by atoms with Gasteiger partial charge in [-0.05, 0) is 160 Å². The number of halogens is 1. The molecule has 2 heteroatoms. The molecule has 65 heavy (non-hydrogen) atoms. The summed E-state index contributed by atoms with van der Waals surface area (Å²) >= 11 is 6.79. The molecule has 0 saturated heterocycles. The predicted octanol–water partition coefficient (Wildman–Crippen LogP) is 16.8. The van der Waals surface area contributed by atoms with E-state index in [4.69, 9.17) is 11.6 Å². The summed E-state index contributed by atoms with van der Waals surface area (Å²) < 4.78 is 0. The minimum atomic E-state index is 0.0402. The largest absolute Gasteiger partial charge is 0.289 e. The van der Waals surface area contributed by atoms with Crippen molar-refractivity contribution in [2.75, 3.05) is 0 Å². The van der Waals surface area contributed by atoms with Crippen molar-refractivity contribution < 1.29 is 0 Å². The zero-order valence-corrected chi connectivity index (χ0v) is 35.4. The van der Waals surface area contributed by atoms with Crippen LogP contribution in [0.15, 0.2) is 181 Å². The van der Waals surface area contributed by atoms with Gasteiger partial charge in [-0.3, -0.25) is 4.79 Å². The second kappa shape index (κ2) is 11.3. The van der Waals surface area contributed by atoms with Crippen LogP contribution >= 0.6 is 11.6 Å². The monoisotopic (exact) mass is 838 g/mol. The van der Waals surface area contributed by atoms with Crippen LogP contribution in [0.5, 0.6) is 0 Å². The van der Waals surface area contributed by atoms with Crippen molar-refractivity contribution in [1.82, 2.24) is 0 Å². The summed E-state index contributed by atoms with van der Waals surface area (Å²) in [6, 6.07) is 65.0. The second-order valence-corrected chi connectivity index (χ2v) is 19.3. The van der Waals surface area contributed by atoms with Gasteiger partial charge in [-0.2, -0.15) is 0 Å². The first-order chi connectivity index (χ1) is 32.2. The molecule has 0 aromatic heterocycles. The van der Waals surface area contributed by atoms with Crippen LogP contribution in [0.2, 0.25) is 5.02 Å². The molecule has 0 unspecified atom stereocenters. The molecule has 3 aliphatic carbocycles. The molecule has 0 aliphatic heterocycles. The molecule has 18 rings (SSSR count). The summed E-state index contributed by atoms with van der Waals surface area (Å²) in [6.45, 7) is 0. The molecule has 15 aromatic carbocycles. The predicted molar refractivity (Wildman–Crippen MR) is 275 cm³/mol. The van der Waals surface area contributed by atoms with Gasteiger partial charge in [0.15, 0.2) is 5.43 Å². The average molecular weight is 839 g/mol. The van der Waals surface area contributed by atoms with E-state index in [1.165, 1.54) is 136 Å². The maximum absolute atomic E-state index is 14.7. The van der Waals surface area contributed by atoms with Crippen molar-refractivity contribution in [2.45, 2.75) is 11.8 Å². The Bertz CT molecular complexity index is 4690. The van der Waals surface area contributed by atoms with E-state index in [0.29, 0.717) is 0 Å². The molecule has 0 radical (unpaired) electrons. The molecule has 3 aliphatic rings. The molecular formula is C63H31ClO. The van der Waals surface area contributed by atoms with E-state index >= 15 is 0 Å². The highest BCUT2D eigenvalue weighted by atomic mass is 35.5. The van der Waals surface area contributed by atoms with Gasteiger partial charge in [-0.1, -0.05) is 169 Å². The van der Waals surface area contributed by atoms with E-state index < -0.39 is 0 Å². The maximum Gasteiger partial charge on any atom is 0.194 e. The SMILES string of the molecule is O=c1c2ccccc2c2c1cc1c3ccccc3c3c1c2c1c2ccccc2c2c4c(-c5ccc(Cl)cc5)c5c(c6c7ccccc7c(c64)c3c21)C1c2ccccc2C5c2ccccc21. The van der Waals surface area contributed by atoms with Crippen molar-refractivity contribution in [2.24, 2.45) is 0 Å². The third-order valence-corrected chi connectivity index (χ3v) is 16.5. The van der Waals surface area contributed by atoms with Crippen LogP contribution in [-0.4, -0.2) is 0 Å². The standard InChI is InChI=1S/C63H31ClO/c64-31-27-25-30(26-28-31)46-56-47-34-15-3-5-17-36(34)48(37-18-6-4-16-35(37)47)59(56)53-40-21-9-10-22-41(40)54-60-50-33-14-2-1-13-32(33)44-29-45-49(42-23-11-12-24-43(42)63(45)65)58(55(44)50)52-39-20-8-7-19-38(39)51(62(52)60)57(46)61(53)54/h1-29,47-48H. The molecule has 296 valence electrons. The van der Waals surface area contributed by atoms with Crippen LogP contribution in [0, 0.1) is 0 Å². The van der Waals surface area contributed by atoms with E-state index in [2.05, 4.69) is 164 Å². The quantitative estimate of drug-likeness (QED) is 0.151. The molecule has 0 heterocycles. The topological polar surface area (TPSA) is 17.1 Å². The van der Waals surface area contributed by atoms with Crippen molar-refractivity contribution in [3.63, 3.8) is 0 Å². The first-order valence-corrected chi connectivity index (χ1v) is 23.1. The van der Waals surface area contributed by atoms with Crippen LogP contribution in [-0.2, 0) is 0 Å². The number of benzene rings is 11. The highest BCUT2D eigenvalue weighted by molar-refractivity contribution is 6.59. The van der Waals surface area contributed by atoms with E-state index in [0.717, 1.165) is 32.0 Å². The maximum atomic E-state index is 14.7. The molecule has 0 saturated carbocycles. The Morgan fingerprint density at radius 3 is 1.22 bits per heavy atom. The van der Waals surface area contributed by atoms with E-state index in [-0.39, 0.29) is 17.3 Å². The Morgan fingerprint density at radius 1 is 0.292 bits per heavy atom. The fourth-order valence-electron chi connectivity index (χ4n) is 14.1. The van der Waals surface area contributed by atoms with E-state index in [1.54, 1.807) is 0 Å². The molecule has 2 bridgehead atoms. The lowest BCUT2D eigenvalue weighted by Gasteiger charge is -2.44. The van der Waals surface area contributed by atoms with E-state index in [1.807, 2.05) is 12.1 Å². The zero-order chi connectivity index (χ0) is 42.1. The Balaban J connectivity index is 1.27. The van der Waals surface area contributed by atoms with Gasteiger partial charge < -0.3 is 0 Å². The lowest BCUT2D eigenvalue weighted by Crippen LogP contribution is -2.28. The van der Waals surface area contributed by atoms with Gasteiger partial charge in [0.25, 0.3) is 0 Å². The van der Waals surface area contributed by atoms with Gasteiger partial charge >= 0.3 is 0 Å². The average Bonchev–Trinajstić information content (AvgIpc) is 4.08. The summed E-state index contributed by atoms with van der Waals surface area (Å²) in [6.07, 6.45) is 0. The third-order valence-electron chi connectivity index (χ3n) is 16.2. The summed E-state index contributed by atoms with van der Waals surface area (Å²) in [7, 11) is 0. The van der Waals surface area contributed by atoms with Gasteiger partial charge in [-0.15, -0.1) is 0 Å². The van der Waals surface area contributed by atoms with Crippen molar-refractivity contribution in [3.05, 3.63) is 225 Å². The summed E-state index contributed by atoms with van der Waals surface area (Å²) in [5, 5.41) is 27.4. The van der Waals surface area contributed by atoms with E-state index in [9.17, 15) is 4.79 Å². The molecule has 0 spiro atoms. The Labute approximate surface area is 375 Å². The lowest BCUT2D eigenvalue weighted by atomic mass is 9.58. The Morgan fingerprint density at radius 2 is 0.662 bits per heavy atom. The van der Waals surface area contributed by atoms with Crippen LogP contribution in [0.25, 0.3) is 130 Å². The first kappa shape index (κ1) is 33.7. The number of hydrogen-bond acceptors (Lipinski definition) is 1. The number of fused-ring (bicyclic) bond motifs is 17. The number of rotatable bonds is 1.